The number of ether oxygens (including phenoxy) is 2. The molecular weight excluding hydrogens is 881 g/mol. The fourth-order valence-electron chi connectivity index (χ4n) is 8.32. The first-order chi connectivity index (χ1) is 30.2. The largest absolute Gasteiger partial charge is 0.496 e. The van der Waals surface area contributed by atoms with Crippen molar-refractivity contribution in [1.82, 2.24) is 9.13 Å². The Labute approximate surface area is 368 Å². The number of carbonyl (C=O) groups excluding carboxylic acids is 2. The lowest BCUT2D eigenvalue weighted by molar-refractivity contribution is -0.137. The number of aromatic nitrogens is 2. The van der Waals surface area contributed by atoms with Crippen LogP contribution in [0.5, 0.6) is 23.3 Å². The van der Waals surface area contributed by atoms with Gasteiger partial charge in [0.2, 0.25) is 11.8 Å². The first-order valence-corrected chi connectivity index (χ1v) is 21.0. The number of nitrogens with zero attached hydrogens (tertiary/aromatic N) is 4. The van der Waals surface area contributed by atoms with E-state index in [0.717, 1.165) is 18.6 Å². The Morgan fingerprint density at radius 3 is 1.75 bits per heavy atom. The number of halogens is 4. The van der Waals surface area contributed by atoms with Gasteiger partial charge < -0.3 is 31.2 Å². The predicted octanol–water partition coefficient (Wildman–Crippen LogP) is 9.90. The standard InChI is InChI=1S/C47H42BrF3N6O6/c1-4-10-33(52)56-41(27-12-6-8-14-31(27)62-3)38-36(46(56)61)40(55-44(38)59)29-22-24(16-21-30(29)48)23-63-32-15-9-7-13-28(32)42-37-35(45(60)57(42)34(53)11-5-2)39(54-43(37)58)25-17-19-26(20-18-25)47(49,50)51/h6-9,12-22,33-34,60-61H,4-5,10-11,23,52-53H2,1-3H3. The molecule has 0 spiro atoms. The van der Waals surface area contributed by atoms with Crippen molar-refractivity contribution in [1.29, 1.82) is 0 Å². The fraction of sp³-hybridized carbons (Fsp3) is 0.234. The number of aromatic hydroxyl groups is 2. The Bertz CT molecular complexity index is 2860. The van der Waals surface area contributed by atoms with Gasteiger partial charge >= 0.3 is 6.18 Å². The fourth-order valence-corrected chi connectivity index (χ4v) is 8.76. The summed E-state index contributed by atoms with van der Waals surface area (Å²) in [5.41, 5.74) is 16.2. The number of aliphatic imine (C=N–C) groups is 2. The van der Waals surface area contributed by atoms with Gasteiger partial charge in [-0.05, 0) is 66.9 Å². The van der Waals surface area contributed by atoms with Crippen LogP contribution in [0.15, 0.2) is 105 Å². The van der Waals surface area contributed by atoms with Gasteiger partial charge in [0, 0.05) is 26.7 Å². The maximum atomic E-state index is 13.9. The van der Waals surface area contributed by atoms with Crippen LogP contribution >= 0.6 is 15.9 Å². The van der Waals surface area contributed by atoms with Crippen molar-refractivity contribution in [2.45, 2.75) is 64.6 Å². The summed E-state index contributed by atoms with van der Waals surface area (Å²) in [5.74, 6) is -1.01. The van der Waals surface area contributed by atoms with Gasteiger partial charge in [0.05, 0.1) is 70.1 Å². The van der Waals surface area contributed by atoms with Crippen molar-refractivity contribution in [3.05, 3.63) is 140 Å². The second-order valence-corrected chi connectivity index (χ2v) is 16.1. The number of amides is 2. The number of fused-ring (bicyclic) bond motifs is 2. The van der Waals surface area contributed by atoms with Crippen LogP contribution in [-0.2, 0) is 12.8 Å². The van der Waals surface area contributed by atoms with Crippen molar-refractivity contribution in [3.8, 4) is 45.8 Å². The second-order valence-electron chi connectivity index (χ2n) is 15.2. The third kappa shape index (κ3) is 7.51. The molecule has 0 fully saturated rings. The minimum absolute atomic E-state index is 0.0194. The summed E-state index contributed by atoms with van der Waals surface area (Å²) >= 11 is 3.63. The summed E-state index contributed by atoms with van der Waals surface area (Å²) < 4.78 is 56.0. The Balaban J connectivity index is 1.17. The van der Waals surface area contributed by atoms with Gasteiger partial charge in [-0.3, -0.25) is 18.7 Å². The van der Waals surface area contributed by atoms with Crippen LogP contribution in [-0.4, -0.2) is 49.7 Å². The van der Waals surface area contributed by atoms with E-state index in [1.54, 1.807) is 59.2 Å². The number of carbonyl (C=O) groups is 2. The summed E-state index contributed by atoms with van der Waals surface area (Å²) in [6.45, 7) is 3.87. The Morgan fingerprint density at radius 2 is 1.21 bits per heavy atom. The number of rotatable bonds is 14. The molecule has 2 amide bonds. The Morgan fingerprint density at radius 1 is 0.698 bits per heavy atom. The summed E-state index contributed by atoms with van der Waals surface area (Å²) in [6.07, 6.45) is -3.76. The maximum absolute atomic E-state index is 13.9. The van der Waals surface area contributed by atoms with E-state index in [9.17, 15) is 33.0 Å². The SMILES string of the molecule is CCCC(N)n1c(O)c2c(c1-c1ccccc1OCc1ccc(Br)c(C3=NC(=O)c4c3c(O)n(C(N)CCC)c4-c3ccccc3OC)c1)C(=O)N=C2c1ccc(C(F)(F)F)cc1. The smallest absolute Gasteiger partial charge is 0.416 e. The van der Waals surface area contributed by atoms with Crippen LogP contribution in [0.4, 0.5) is 13.2 Å². The van der Waals surface area contributed by atoms with Crippen molar-refractivity contribution in [2.75, 3.05) is 7.11 Å². The average Bonchev–Trinajstić information content (AvgIpc) is 3.98. The predicted molar refractivity (Wildman–Crippen MR) is 236 cm³/mol. The Hall–Kier alpha value is -6.49. The molecule has 0 aliphatic carbocycles. The number of alkyl halides is 3. The monoisotopic (exact) mass is 922 g/mol. The Kier molecular flexibility index (Phi) is 11.6. The number of nitrogens with two attached hydrogens (primary N) is 2. The molecule has 2 atom stereocenters. The number of benzene rings is 4. The van der Waals surface area contributed by atoms with E-state index in [1.165, 1.54) is 23.8 Å². The minimum Gasteiger partial charge on any atom is -0.496 e. The molecule has 63 heavy (non-hydrogen) atoms. The molecule has 16 heteroatoms. The molecule has 8 rings (SSSR count). The van der Waals surface area contributed by atoms with E-state index in [4.69, 9.17) is 20.9 Å². The summed E-state index contributed by atoms with van der Waals surface area (Å²) in [4.78, 5) is 36.4. The second kappa shape index (κ2) is 17.0. The molecule has 4 aromatic carbocycles. The molecule has 4 heterocycles. The zero-order valence-corrected chi connectivity index (χ0v) is 35.9. The highest BCUT2D eigenvalue weighted by atomic mass is 79.9. The van der Waals surface area contributed by atoms with E-state index >= 15 is 0 Å². The lowest BCUT2D eigenvalue weighted by Crippen LogP contribution is -2.20. The molecule has 0 saturated heterocycles. The molecule has 6 N–H and O–H groups in total. The highest BCUT2D eigenvalue weighted by molar-refractivity contribution is 9.10. The third-order valence-electron chi connectivity index (χ3n) is 11.2. The van der Waals surface area contributed by atoms with Gasteiger partial charge in [-0.1, -0.05) is 85.1 Å². The molecule has 2 aliphatic heterocycles. The lowest BCUT2D eigenvalue weighted by atomic mass is 9.98. The van der Waals surface area contributed by atoms with Crippen LogP contribution in [0, 0.1) is 0 Å². The molecular formula is C47H42BrF3N6O6. The number of hydrogen-bond donors (Lipinski definition) is 4. The molecule has 12 nitrogen and oxygen atoms in total. The average molecular weight is 924 g/mol. The first-order valence-electron chi connectivity index (χ1n) is 20.2. The van der Waals surface area contributed by atoms with Gasteiger partial charge in [-0.15, -0.1) is 0 Å². The van der Waals surface area contributed by atoms with Crippen LogP contribution in [0.25, 0.3) is 22.5 Å². The lowest BCUT2D eigenvalue weighted by Gasteiger charge is -2.20. The minimum atomic E-state index is -4.57. The zero-order chi connectivity index (χ0) is 44.9. The van der Waals surface area contributed by atoms with E-state index in [-0.39, 0.29) is 63.3 Å². The molecule has 2 unspecified atom stereocenters. The number of para-hydroxylation sites is 2. The highest BCUT2D eigenvalue weighted by Crippen LogP contribution is 2.48. The molecule has 2 aliphatic rings. The van der Waals surface area contributed by atoms with Crippen LogP contribution in [0.3, 0.4) is 0 Å². The van der Waals surface area contributed by atoms with Gasteiger partial charge in [-0.2, -0.15) is 13.2 Å². The van der Waals surface area contributed by atoms with Crippen molar-refractivity contribution in [3.63, 3.8) is 0 Å². The molecule has 0 saturated carbocycles. The van der Waals surface area contributed by atoms with Gasteiger partial charge in [-0.25, -0.2) is 9.98 Å². The molecule has 2 aromatic heterocycles. The number of hydrogen-bond acceptors (Lipinski definition) is 8. The third-order valence-corrected chi connectivity index (χ3v) is 11.9. The number of methoxy groups -OCH3 is 1. The summed E-state index contributed by atoms with van der Waals surface area (Å²) in [6, 6.07) is 23.7. The van der Waals surface area contributed by atoms with Crippen LogP contribution in [0.2, 0.25) is 0 Å². The molecule has 324 valence electrons. The van der Waals surface area contributed by atoms with Crippen molar-refractivity contribution >= 4 is 39.2 Å². The topological polar surface area (TPSA) is 180 Å². The zero-order valence-electron chi connectivity index (χ0n) is 34.3. The summed E-state index contributed by atoms with van der Waals surface area (Å²) in [7, 11) is 1.52. The highest BCUT2D eigenvalue weighted by Gasteiger charge is 2.40. The van der Waals surface area contributed by atoms with Crippen molar-refractivity contribution in [2.24, 2.45) is 21.5 Å². The van der Waals surface area contributed by atoms with E-state index in [2.05, 4.69) is 25.9 Å². The van der Waals surface area contributed by atoms with E-state index in [0.29, 0.717) is 63.2 Å². The maximum Gasteiger partial charge on any atom is 0.416 e. The quantitative estimate of drug-likeness (QED) is 0.0834. The van der Waals surface area contributed by atoms with Crippen LogP contribution < -0.4 is 20.9 Å². The summed E-state index contributed by atoms with van der Waals surface area (Å²) in [5, 5.41) is 23.7. The van der Waals surface area contributed by atoms with E-state index in [1.807, 2.05) is 26.0 Å². The van der Waals surface area contributed by atoms with E-state index < -0.39 is 35.9 Å². The van der Waals surface area contributed by atoms with Gasteiger partial charge in [0.15, 0.2) is 0 Å². The van der Waals surface area contributed by atoms with Gasteiger partial charge in [0.1, 0.15) is 18.1 Å². The van der Waals surface area contributed by atoms with Crippen LogP contribution in [0.1, 0.15) is 106 Å². The van der Waals surface area contributed by atoms with Gasteiger partial charge in [0.25, 0.3) is 11.8 Å². The molecule has 0 radical (unpaired) electrons. The molecule has 6 aromatic rings. The van der Waals surface area contributed by atoms with Crippen molar-refractivity contribution < 1.29 is 42.4 Å². The molecule has 0 bridgehead atoms. The first kappa shape index (κ1) is 43.2. The normalized spacial score (nSPS) is 14.4.